The van der Waals surface area contributed by atoms with Gasteiger partial charge in [-0.3, -0.25) is 4.79 Å². The maximum absolute atomic E-state index is 10.6. The van der Waals surface area contributed by atoms with E-state index in [1.807, 2.05) is 0 Å². The Morgan fingerprint density at radius 3 is 1.24 bits per heavy atom. The van der Waals surface area contributed by atoms with Crippen LogP contribution in [0, 0.1) is 0 Å². The number of carboxylic acid groups (broad SMARTS) is 1. The van der Waals surface area contributed by atoms with Gasteiger partial charge in [0, 0.05) is 0 Å². The van der Waals surface area contributed by atoms with Crippen molar-refractivity contribution < 1.29 is 9.90 Å². The van der Waals surface area contributed by atoms with Crippen LogP contribution < -0.4 is 15.9 Å². The molecule has 0 spiro atoms. The van der Waals surface area contributed by atoms with Gasteiger partial charge in [0.15, 0.2) is 0 Å². The van der Waals surface area contributed by atoms with Crippen LogP contribution in [0.15, 0.2) is 91.0 Å². The topological polar surface area (TPSA) is 37.3 Å². The number of hydrogen-bond donors (Lipinski definition) is 1. The SMILES string of the molecule is O=C(O)CCCCCCCCCCCP(Br)(c1ccccc1)(c1ccccc1)c1ccccc1. The molecule has 0 aliphatic heterocycles. The van der Waals surface area contributed by atoms with Crippen molar-refractivity contribution in [2.24, 2.45) is 0 Å². The molecular weight excluding hydrogens is 503 g/mol. The van der Waals surface area contributed by atoms with E-state index in [-0.39, 0.29) is 0 Å². The van der Waals surface area contributed by atoms with Crippen molar-refractivity contribution in [3.05, 3.63) is 91.0 Å². The molecule has 0 bridgehead atoms. The molecule has 0 amide bonds. The Balaban J connectivity index is 1.68. The van der Waals surface area contributed by atoms with Gasteiger partial charge in [-0.2, -0.15) is 0 Å². The predicted octanol–water partition coefficient (Wildman–Crippen LogP) is 7.81. The Kier molecular flexibility index (Phi) is 10.4. The van der Waals surface area contributed by atoms with Crippen LogP contribution in [-0.4, -0.2) is 17.2 Å². The van der Waals surface area contributed by atoms with Crippen molar-refractivity contribution in [1.82, 2.24) is 0 Å². The molecule has 0 radical (unpaired) electrons. The van der Waals surface area contributed by atoms with Crippen LogP contribution in [0.25, 0.3) is 0 Å². The van der Waals surface area contributed by atoms with E-state index < -0.39 is 11.3 Å². The fourth-order valence-electron chi connectivity index (χ4n) is 4.97. The van der Waals surface area contributed by atoms with Crippen LogP contribution in [0.4, 0.5) is 0 Å². The van der Waals surface area contributed by atoms with E-state index in [1.54, 1.807) is 0 Å². The summed E-state index contributed by atoms with van der Waals surface area (Å²) in [6, 6.07) is 33.1. The molecule has 0 saturated heterocycles. The Morgan fingerprint density at radius 2 is 0.882 bits per heavy atom. The van der Waals surface area contributed by atoms with Gasteiger partial charge in [-0.05, 0) is 0 Å². The van der Waals surface area contributed by atoms with Crippen molar-refractivity contribution in [1.29, 1.82) is 0 Å². The molecule has 0 atom stereocenters. The monoisotopic (exact) mass is 540 g/mol. The summed E-state index contributed by atoms with van der Waals surface area (Å²) in [5, 5.41) is 10.1. The number of carboxylic acids is 1. The number of halogens is 1. The third-order valence-electron chi connectivity index (χ3n) is 6.85. The Hall–Kier alpha value is -1.96. The minimum absolute atomic E-state index is 0.308. The fraction of sp³-hybridized carbons (Fsp3) is 0.367. The third kappa shape index (κ3) is 6.58. The van der Waals surface area contributed by atoms with E-state index in [0.717, 1.165) is 25.4 Å². The molecule has 3 aromatic carbocycles. The number of benzene rings is 3. The number of hydrogen-bond acceptors (Lipinski definition) is 1. The first-order valence-electron chi connectivity index (χ1n) is 12.7. The van der Waals surface area contributed by atoms with Crippen LogP contribution in [0.3, 0.4) is 0 Å². The summed E-state index contributed by atoms with van der Waals surface area (Å²) in [7, 11) is 0. The summed E-state index contributed by atoms with van der Waals surface area (Å²) in [6.45, 7) is 0. The second kappa shape index (κ2) is 13.2. The molecule has 3 rings (SSSR count). The van der Waals surface area contributed by atoms with Crippen molar-refractivity contribution >= 4 is 42.7 Å². The molecular formula is C30H38BrO2P. The summed E-state index contributed by atoms with van der Waals surface area (Å²) in [5.74, 6) is -0.675. The fourth-order valence-corrected chi connectivity index (χ4v) is 12.7. The van der Waals surface area contributed by atoms with Gasteiger partial charge in [-0.25, -0.2) is 0 Å². The standard InChI is InChI=1S/C30H38BrO2P/c31-34(27-19-11-8-12-20-27,28-21-13-9-14-22-28,29-23-15-10-16-24-29)26-18-7-5-3-1-2-4-6-17-25-30(32)33/h8-16,19-24H,1-7,17-18,25-26H2,(H,32,33). The van der Waals surface area contributed by atoms with Crippen LogP contribution in [0.1, 0.15) is 64.2 Å². The normalized spacial score (nSPS) is 12.7. The van der Waals surface area contributed by atoms with Crippen molar-refractivity contribution in [3.63, 3.8) is 0 Å². The molecule has 0 fully saturated rings. The molecule has 2 nitrogen and oxygen atoms in total. The van der Waals surface area contributed by atoms with Gasteiger partial charge in [0.05, 0.1) is 0 Å². The molecule has 3 aromatic rings. The Labute approximate surface area is 213 Å². The molecule has 182 valence electrons. The zero-order valence-corrected chi connectivity index (χ0v) is 22.6. The van der Waals surface area contributed by atoms with E-state index in [0.29, 0.717) is 6.42 Å². The molecule has 34 heavy (non-hydrogen) atoms. The summed E-state index contributed by atoms with van der Waals surface area (Å²) >= 11 is 4.53. The molecule has 0 aliphatic carbocycles. The van der Waals surface area contributed by atoms with Crippen molar-refractivity contribution in [3.8, 4) is 0 Å². The first kappa shape index (κ1) is 26.6. The average Bonchev–Trinajstić information content (AvgIpc) is 2.88. The average molecular weight is 542 g/mol. The first-order chi connectivity index (χ1) is 16.6. The molecule has 0 unspecified atom stereocenters. The zero-order valence-electron chi connectivity index (χ0n) is 20.1. The summed E-state index contributed by atoms with van der Waals surface area (Å²) in [6.07, 6.45) is 11.8. The Bertz CT molecular complexity index is 893. The quantitative estimate of drug-likeness (QED) is 0.157. The maximum atomic E-state index is 10.6. The van der Waals surface area contributed by atoms with Crippen LogP contribution in [0.2, 0.25) is 0 Å². The number of aliphatic carboxylic acids is 1. The number of rotatable bonds is 15. The van der Waals surface area contributed by atoms with Crippen molar-refractivity contribution in [2.75, 3.05) is 6.16 Å². The van der Waals surface area contributed by atoms with Crippen LogP contribution >= 0.6 is 20.8 Å². The zero-order chi connectivity index (χ0) is 24.1. The van der Waals surface area contributed by atoms with Gasteiger partial charge in [0.1, 0.15) is 0 Å². The second-order valence-corrected chi connectivity index (χ2v) is 18.3. The summed E-state index contributed by atoms with van der Waals surface area (Å²) < 4.78 is 0. The molecule has 0 saturated carbocycles. The van der Waals surface area contributed by atoms with Crippen LogP contribution in [-0.2, 0) is 4.79 Å². The van der Waals surface area contributed by atoms with Gasteiger partial charge in [-0.1, -0.05) is 0 Å². The van der Waals surface area contributed by atoms with Gasteiger partial charge >= 0.3 is 204 Å². The molecule has 0 aromatic heterocycles. The van der Waals surface area contributed by atoms with Gasteiger partial charge in [0.2, 0.25) is 0 Å². The van der Waals surface area contributed by atoms with Gasteiger partial charge in [-0.15, -0.1) is 0 Å². The van der Waals surface area contributed by atoms with Crippen molar-refractivity contribution in [2.45, 2.75) is 64.2 Å². The minimum atomic E-state index is -2.77. The summed E-state index contributed by atoms with van der Waals surface area (Å²) in [5.41, 5.74) is 0. The second-order valence-electron chi connectivity index (χ2n) is 9.24. The summed E-state index contributed by atoms with van der Waals surface area (Å²) in [4.78, 5) is 10.6. The molecule has 4 heteroatoms. The number of unbranched alkanes of at least 4 members (excludes halogenated alkanes) is 8. The van der Waals surface area contributed by atoms with E-state index in [1.165, 1.54) is 54.4 Å². The predicted molar refractivity (Wildman–Crippen MR) is 153 cm³/mol. The van der Waals surface area contributed by atoms with Gasteiger partial charge < -0.3 is 5.11 Å². The number of carbonyl (C=O) groups is 1. The van der Waals surface area contributed by atoms with Crippen LogP contribution in [0.5, 0.6) is 0 Å². The van der Waals surface area contributed by atoms with E-state index in [2.05, 4.69) is 106 Å². The molecule has 1 N–H and O–H groups in total. The van der Waals surface area contributed by atoms with Gasteiger partial charge in [0.25, 0.3) is 0 Å². The van der Waals surface area contributed by atoms with E-state index >= 15 is 0 Å². The third-order valence-corrected chi connectivity index (χ3v) is 16.9. The van der Waals surface area contributed by atoms with E-state index in [9.17, 15) is 4.79 Å². The molecule has 0 heterocycles. The first-order valence-corrected chi connectivity index (χ1v) is 17.1. The van der Waals surface area contributed by atoms with E-state index in [4.69, 9.17) is 5.11 Å². The Morgan fingerprint density at radius 1 is 0.559 bits per heavy atom. The molecule has 0 aliphatic rings.